The zero-order valence-electron chi connectivity index (χ0n) is 14.7. The van der Waals surface area contributed by atoms with E-state index >= 15 is 0 Å². The summed E-state index contributed by atoms with van der Waals surface area (Å²) in [5, 5.41) is 0. The van der Waals surface area contributed by atoms with Gasteiger partial charge < -0.3 is 28.1 Å². The lowest BCUT2D eigenvalue weighted by atomic mass is 10.7. The molecule has 0 aromatic carbocycles. The van der Waals surface area contributed by atoms with E-state index in [1.54, 1.807) is 0 Å². The molecule has 0 aliphatic rings. The van der Waals surface area contributed by atoms with Crippen LogP contribution in [0, 0.1) is 0 Å². The molecule has 6 nitrogen and oxygen atoms in total. The van der Waals surface area contributed by atoms with Gasteiger partial charge >= 0.3 is 0 Å². The summed E-state index contributed by atoms with van der Waals surface area (Å²) in [4.78, 5) is 0. The van der Waals surface area contributed by atoms with Gasteiger partial charge in [-0.05, 0) is 26.6 Å². The highest BCUT2D eigenvalue weighted by molar-refractivity contribution is 6.69. The third kappa shape index (κ3) is 20.0. The molecule has 0 atom stereocenters. The minimum atomic E-state index is -1.41. The summed E-state index contributed by atoms with van der Waals surface area (Å²) in [7, 11) is -1.41. The molecule has 22 heavy (non-hydrogen) atoms. The predicted octanol–water partition coefficient (Wildman–Crippen LogP) is 1.94. The van der Waals surface area contributed by atoms with E-state index in [1.807, 2.05) is 6.92 Å². The zero-order valence-corrected chi connectivity index (χ0v) is 15.7. The summed E-state index contributed by atoms with van der Waals surface area (Å²) < 4.78 is 32.3. The van der Waals surface area contributed by atoms with E-state index in [1.165, 1.54) is 0 Å². The molecule has 0 aromatic rings. The van der Waals surface area contributed by atoms with Crippen LogP contribution in [0.15, 0.2) is 0 Å². The average Bonchev–Trinajstić information content (AvgIpc) is 2.45. The van der Waals surface area contributed by atoms with Crippen LogP contribution in [0.5, 0.6) is 0 Å². The summed E-state index contributed by atoms with van der Waals surface area (Å²) in [5.41, 5.74) is 0. The minimum Gasteiger partial charge on any atom is -0.415 e. The lowest BCUT2D eigenvalue weighted by molar-refractivity contribution is -0.0121. The van der Waals surface area contributed by atoms with Gasteiger partial charge in [-0.3, -0.25) is 0 Å². The number of rotatable bonds is 17. The van der Waals surface area contributed by atoms with Gasteiger partial charge in [-0.25, -0.2) is 0 Å². The molecule has 0 aliphatic carbocycles. The number of hydrogen-bond donors (Lipinski definition) is 0. The lowest BCUT2D eigenvalue weighted by Gasteiger charge is -2.16. The first kappa shape index (κ1) is 22.0. The molecule has 0 amide bonds. The molecule has 0 saturated carbocycles. The van der Waals surface area contributed by atoms with Crippen LogP contribution in [0.4, 0.5) is 0 Å². The molecule has 7 heteroatoms. The molecular weight excluding hydrogens is 304 g/mol. The SMILES string of the molecule is CCOCCOCCOCCOCCOCCO[Si](C)(C)C. The van der Waals surface area contributed by atoms with Crippen LogP contribution in [0.3, 0.4) is 0 Å². The second kappa shape index (κ2) is 15.9. The topological polar surface area (TPSA) is 55.4 Å². The van der Waals surface area contributed by atoms with Crippen molar-refractivity contribution < 1.29 is 28.1 Å². The molecule has 0 bridgehead atoms. The van der Waals surface area contributed by atoms with E-state index in [0.29, 0.717) is 66.1 Å². The Morgan fingerprint density at radius 1 is 0.500 bits per heavy atom. The molecular formula is C15H34O6Si. The Morgan fingerprint density at radius 2 is 0.818 bits per heavy atom. The first-order valence-corrected chi connectivity index (χ1v) is 11.5. The monoisotopic (exact) mass is 338 g/mol. The van der Waals surface area contributed by atoms with Gasteiger partial charge in [0.2, 0.25) is 0 Å². The van der Waals surface area contributed by atoms with E-state index in [0.717, 1.165) is 6.61 Å². The normalized spacial score (nSPS) is 12.0. The maximum Gasteiger partial charge on any atom is 0.183 e. The summed E-state index contributed by atoms with van der Waals surface area (Å²) in [5.74, 6) is 0. The largest absolute Gasteiger partial charge is 0.415 e. The van der Waals surface area contributed by atoms with Crippen molar-refractivity contribution in [3.8, 4) is 0 Å². The fourth-order valence-electron chi connectivity index (χ4n) is 1.43. The molecule has 0 radical (unpaired) electrons. The number of hydrogen-bond acceptors (Lipinski definition) is 6. The third-order valence-corrected chi connectivity index (χ3v) is 3.53. The van der Waals surface area contributed by atoms with Crippen molar-refractivity contribution in [2.24, 2.45) is 0 Å². The lowest BCUT2D eigenvalue weighted by Crippen LogP contribution is -2.27. The first-order valence-electron chi connectivity index (χ1n) is 8.09. The van der Waals surface area contributed by atoms with Gasteiger partial charge in [0.1, 0.15) is 0 Å². The molecule has 0 aromatic heterocycles. The first-order chi connectivity index (χ1) is 10.6. The molecule has 0 aliphatic heterocycles. The zero-order chi connectivity index (χ0) is 16.5. The van der Waals surface area contributed by atoms with Crippen molar-refractivity contribution in [3.05, 3.63) is 0 Å². The van der Waals surface area contributed by atoms with Gasteiger partial charge in [-0.1, -0.05) is 0 Å². The van der Waals surface area contributed by atoms with Crippen molar-refractivity contribution in [1.82, 2.24) is 0 Å². The Kier molecular flexibility index (Phi) is 15.8. The van der Waals surface area contributed by atoms with Crippen molar-refractivity contribution in [3.63, 3.8) is 0 Å². The van der Waals surface area contributed by atoms with E-state index in [9.17, 15) is 0 Å². The van der Waals surface area contributed by atoms with E-state index in [4.69, 9.17) is 28.1 Å². The molecule has 0 rings (SSSR count). The quantitative estimate of drug-likeness (QED) is 0.298. The third-order valence-electron chi connectivity index (χ3n) is 2.45. The van der Waals surface area contributed by atoms with Gasteiger partial charge in [0.15, 0.2) is 8.32 Å². The second-order valence-electron chi connectivity index (χ2n) is 5.61. The highest BCUT2D eigenvalue weighted by atomic mass is 28.4. The van der Waals surface area contributed by atoms with Gasteiger partial charge in [0.25, 0.3) is 0 Å². The van der Waals surface area contributed by atoms with Crippen LogP contribution in [-0.4, -0.2) is 81.0 Å². The van der Waals surface area contributed by atoms with Crippen LogP contribution >= 0.6 is 0 Å². The Bertz CT molecular complexity index is 223. The smallest absolute Gasteiger partial charge is 0.183 e. The highest BCUT2D eigenvalue weighted by Gasteiger charge is 2.12. The maximum atomic E-state index is 5.68. The van der Waals surface area contributed by atoms with Crippen LogP contribution in [0.25, 0.3) is 0 Å². The molecule has 0 saturated heterocycles. The van der Waals surface area contributed by atoms with Crippen molar-refractivity contribution in [2.75, 3.05) is 72.7 Å². The fraction of sp³-hybridized carbons (Fsp3) is 1.00. The minimum absolute atomic E-state index is 0.577. The fourth-order valence-corrected chi connectivity index (χ4v) is 2.13. The van der Waals surface area contributed by atoms with Crippen LogP contribution in [0.1, 0.15) is 6.92 Å². The van der Waals surface area contributed by atoms with E-state index < -0.39 is 8.32 Å². The summed E-state index contributed by atoms with van der Waals surface area (Å²) >= 11 is 0. The van der Waals surface area contributed by atoms with Crippen LogP contribution in [0.2, 0.25) is 19.6 Å². The Hall–Kier alpha value is -0.0231. The van der Waals surface area contributed by atoms with E-state index in [2.05, 4.69) is 19.6 Å². The molecule has 0 fully saturated rings. The molecule has 0 heterocycles. The Balaban J connectivity index is 3.00. The second-order valence-corrected chi connectivity index (χ2v) is 10.1. The summed E-state index contributed by atoms with van der Waals surface area (Å²) in [6.07, 6.45) is 0. The number of ether oxygens (including phenoxy) is 5. The standard InChI is InChI=1S/C15H34O6Si/c1-5-16-6-7-17-8-9-18-10-11-19-12-13-20-14-15-21-22(2,3)4/h5-15H2,1-4H3. The molecule has 0 N–H and O–H groups in total. The summed E-state index contributed by atoms with van der Waals surface area (Å²) in [6.45, 7) is 15.3. The maximum absolute atomic E-state index is 5.68. The highest BCUT2D eigenvalue weighted by Crippen LogP contribution is 2.01. The van der Waals surface area contributed by atoms with Crippen molar-refractivity contribution in [2.45, 2.75) is 26.6 Å². The Labute approximate surface area is 136 Å². The Morgan fingerprint density at radius 3 is 1.14 bits per heavy atom. The van der Waals surface area contributed by atoms with Crippen LogP contribution < -0.4 is 0 Å². The summed E-state index contributed by atoms with van der Waals surface area (Å²) in [6, 6.07) is 0. The van der Waals surface area contributed by atoms with Gasteiger partial charge in [0, 0.05) is 6.61 Å². The van der Waals surface area contributed by atoms with Crippen molar-refractivity contribution in [1.29, 1.82) is 0 Å². The van der Waals surface area contributed by atoms with E-state index in [-0.39, 0.29) is 0 Å². The molecule has 134 valence electrons. The molecule has 0 spiro atoms. The van der Waals surface area contributed by atoms with Gasteiger partial charge in [-0.15, -0.1) is 0 Å². The van der Waals surface area contributed by atoms with Crippen molar-refractivity contribution >= 4 is 8.32 Å². The molecule has 0 unspecified atom stereocenters. The van der Waals surface area contributed by atoms with Gasteiger partial charge in [0.05, 0.1) is 66.1 Å². The predicted molar refractivity (Wildman–Crippen MR) is 89.1 cm³/mol. The van der Waals surface area contributed by atoms with Crippen LogP contribution in [-0.2, 0) is 28.1 Å². The van der Waals surface area contributed by atoms with Gasteiger partial charge in [-0.2, -0.15) is 0 Å². The average molecular weight is 339 g/mol.